The largest absolute Gasteiger partial charge is 0.381 e. The molecule has 1 N–H and O–H groups in total. The van der Waals surface area contributed by atoms with Crippen molar-refractivity contribution in [1.82, 2.24) is 5.32 Å². The smallest absolute Gasteiger partial charge is 0.130 e. The first-order valence-electron chi connectivity index (χ1n) is 6.86. The van der Waals surface area contributed by atoms with Crippen molar-refractivity contribution in [1.29, 1.82) is 0 Å². The van der Waals surface area contributed by atoms with Gasteiger partial charge in [0.1, 0.15) is 11.6 Å². The molecule has 1 aromatic carbocycles. The van der Waals surface area contributed by atoms with E-state index in [1.165, 1.54) is 6.07 Å². The van der Waals surface area contributed by atoms with Crippen molar-refractivity contribution < 1.29 is 13.5 Å². The van der Waals surface area contributed by atoms with Crippen molar-refractivity contribution in [2.24, 2.45) is 5.92 Å². The highest BCUT2D eigenvalue weighted by atomic mass is 19.1. The fourth-order valence-electron chi connectivity index (χ4n) is 2.51. The van der Waals surface area contributed by atoms with Crippen LogP contribution in [0.15, 0.2) is 18.2 Å². The topological polar surface area (TPSA) is 21.3 Å². The van der Waals surface area contributed by atoms with E-state index >= 15 is 0 Å². The zero-order valence-electron chi connectivity index (χ0n) is 11.5. The number of ether oxygens (including phenoxy) is 1. The summed E-state index contributed by atoms with van der Waals surface area (Å²) in [5.74, 6) is -0.768. The van der Waals surface area contributed by atoms with Crippen molar-refractivity contribution in [3.8, 4) is 0 Å². The Hall–Kier alpha value is -1.00. The first kappa shape index (κ1) is 14.4. The molecule has 0 bridgehead atoms. The number of hydrogen-bond acceptors (Lipinski definition) is 2. The lowest BCUT2D eigenvalue weighted by molar-refractivity contribution is 0.0726. The average Bonchev–Trinajstić information content (AvgIpc) is 2.38. The van der Waals surface area contributed by atoms with Crippen LogP contribution in [0.4, 0.5) is 8.78 Å². The third-order valence-corrected chi connectivity index (χ3v) is 3.60. The number of hydrogen-bond donors (Lipinski definition) is 1. The molecule has 106 valence electrons. The Morgan fingerprint density at radius 1 is 1.21 bits per heavy atom. The molecule has 0 spiro atoms. The predicted molar refractivity (Wildman–Crippen MR) is 70.9 cm³/mol. The first-order valence-corrected chi connectivity index (χ1v) is 6.86. The predicted octanol–water partition coefficient (Wildman–Crippen LogP) is 3.43. The maximum absolute atomic E-state index is 13.9. The summed E-state index contributed by atoms with van der Waals surface area (Å²) in [6.45, 7) is 5.57. The maximum Gasteiger partial charge on any atom is 0.130 e. The highest BCUT2D eigenvalue weighted by Gasteiger charge is 2.24. The van der Waals surface area contributed by atoms with Gasteiger partial charge in [-0.05, 0) is 24.8 Å². The minimum absolute atomic E-state index is 0.0938. The molecule has 1 saturated heterocycles. The van der Waals surface area contributed by atoms with Gasteiger partial charge in [0.05, 0.1) is 0 Å². The van der Waals surface area contributed by atoms with Gasteiger partial charge in [-0.1, -0.05) is 19.9 Å². The molecule has 0 aliphatic carbocycles. The molecule has 1 aliphatic rings. The molecule has 4 heteroatoms. The second-order valence-corrected chi connectivity index (χ2v) is 5.44. The van der Waals surface area contributed by atoms with Gasteiger partial charge in [-0.3, -0.25) is 0 Å². The number of nitrogens with one attached hydrogen (secondary N) is 1. The van der Waals surface area contributed by atoms with E-state index in [-0.39, 0.29) is 12.0 Å². The maximum atomic E-state index is 13.9. The van der Waals surface area contributed by atoms with Gasteiger partial charge in [0.25, 0.3) is 0 Å². The van der Waals surface area contributed by atoms with E-state index in [2.05, 4.69) is 5.32 Å². The summed E-state index contributed by atoms with van der Waals surface area (Å²) in [6, 6.07) is 4.06. The second-order valence-electron chi connectivity index (χ2n) is 5.44. The summed E-state index contributed by atoms with van der Waals surface area (Å²) in [5.41, 5.74) is 0.544. The molecule has 19 heavy (non-hydrogen) atoms. The van der Waals surface area contributed by atoms with Crippen molar-refractivity contribution in [2.75, 3.05) is 13.2 Å². The minimum Gasteiger partial charge on any atom is -0.381 e. The molecule has 0 unspecified atom stereocenters. The molecule has 2 nitrogen and oxygen atoms in total. The molecule has 1 aliphatic heterocycles. The average molecular weight is 269 g/mol. The lowest BCUT2D eigenvalue weighted by Gasteiger charge is -2.31. The van der Waals surface area contributed by atoms with Crippen LogP contribution in [0.25, 0.3) is 0 Å². The van der Waals surface area contributed by atoms with Crippen molar-refractivity contribution in [3.63, 3.8) is 0 Å². The van der Waals surface area contributed by atoms with E-state index in [1.807, 2.05) is 13.8 Å². The van der Waals surface area contributed by atoms with Crippen LogP contribution in [0.1, 0.15) is 38.3 Å². The van der Waals surface area contributed by atoms with Crippen LogP contribution in [0.2, 0.25) is 0 Å². The molecule has 0 saturated carbocycles. The van der Waals surface area contributed by atoms with E-state index in [0.717, 1.165) is 32.1 Å². The quantitative estimate of drug-likeness (QED) is 0.904. The highest BCUT2D eigenvalue weighted by molar-refractivity contribution is 5.23. The third-order valence-electron chi connectivity index (χ3n) is 3.60. The molecule has 1 aromatic rings. The second kappa shape index (κ2) is 6.44. The fourth-order valence-corrected chi connectivity index (χ4v) is 2.51. The standard InChI is InChI=1S/C15H21F2NO/c1-10(2)15(18-12-5-7-19-8-6-12)13-4-3-11(16)9-14(13)17/h3-4,9-10,12,15,18H,5-8H2,1-2H3/t15-/m1/s1. The van der Waals surface area contributed by atoms with E-state index in [9.17, 15) is 8.78 Å². The van der Waals surface area contributed by atoms with Gasteiger partial charge in [0, 0.05) is 36.9 Å². The summed E-state index contributed by atoms with van der Waals surface area (Å²) in [7, 11) is 0. The molecular formula is C15H21F2NO. The molecule has 2 rings (SSSR count). The number of rotatable bonds is 4. The van der Waals surface area contributed by atoms with Gasteiger partial charge in [-0.15, -0.1) is 0 Å². The zero-order chi connectivity index (χ0) is 13.8. The minimum atomic E-state index is -0.533. The van der Waals surface area contributed by atoms with Crippen LogP contribution < -0.4 is 5.32 Å². The highest BCUT2D eigenvalue weighted by Crippen LogP contribution is 2.26. The third kappa shape index (κ3) is 3.74. The Balaban J connectivity index is 2.14. The van der Waals surface area contributed by atoms with Gasteiger partial charge in [-0.2, -0.15) is 0 Å². The van der Waals surface area contributed by atoms with Gasteiger partial charge in [0.15, 0.2) is 0 Å². The summed E-state index contributed by atoms with van der Waals surface area (Å²) >= 11 is 0. The van der Waals surface area contributed by atoms with E-state index in [4.69, 9.17) is 4.74 Å². The van der Waals surface area contributed by atoms with Crippen molar-refractivity contribution in [3.05, 3.63) is 35.4 Å². The zero-order valence-corrected chi connectivity index (χ0v) is 11.5. The van der Waals surface area contributed by atoms with Gasteiger partial charge in [-0.25, -0.2) is 8.78 Å². The van der Waals surface area contributed by atoms with Crippen molar-refractivity contribution in [2.45, 2.75) is 38.8 Å². The van der Waals surface area contributed by atoms with Crippen LogP contribution in [0.5, 0.6) is 0 Å². The normalized spacial score (nSPS) is 18.8. The Morgan fingerprint density at radius 2 is 1.89 bits per heavy atom. The van der Waals surface area contributed by atoms with E-state index in [1.54, 1.807) is 6.07 Å². The molecule has 1 atom stereocenters. The van der Waals surface area contributed by atoms with Crippen LogP contribution in [-0.4, -0.2) is 19.3 Å². The summed E-state index contributed by atoms with van der Waals surface area (Å²) in [4.78, 5) is 0. The lowest BCUT2D eigenvalue weighted by atomic mass is 9.93. The van der Waals surface area contributed by atoms with E-state index < -0.39 is 11.6 Å². The fraction of sp³-hybridized carbons (Fsp3) is 0.600. The Labute approximate surface area is 113 Å². The summed E-state index contributed by atoms with van der Waals surface area (Å²) in [6.07, 6.45) is 1.87. The Kier molecular flexibility index (Phi) is 4.88. The molecule has 0 aromatic heterocycles. The summed E-state index contributed by atoms with van der Waals surface area (Å²) < 4.78 is 32.2. The molecule has 1 heterocycles. The van der Waals surface area contributed by atoms with Gasteiger partial charge in [0.2, 0.25) is 0 Å². The Morgan fingerprint density at radius 3 is 2.47 bits per heavy atom. The first-order chi connectivity index (χ1) is 9.08. The number of halogens is 2. The molecule has 0 amide bonds. The Bertz CT molecular complexity index is 417. The molecule has 1 fully saturated rings. The number of benzene rings is 1. The lowest BCUT2D eigenvalue weighted by Crippen LogP contribution is -2.39. The molecule has 0 radical (unpaired) electrons. The van der Waals surface area contributed by atoms with Crippen molar-refractivity contribution >= 4 is 0 Å². The van der Waals surface area contributed by atoms with Crippen LogP contribution in [0.3, 0.4) is 0 Å². The SMILES string of the molecule is CC(C)[C@@H](NC1CCOCC1)c1ccc(F)cc1F. The van der Waals surface area contributed by atoms with Crippen LogP contribution in [0, 0.1) is 17.6 Å². The molecular weight excluding hydrogens is 248 g/mol. The van der Waals surface area contributed by atoms with Gasteiger partial charge >= 0.3 is 0 Å². The van der Waals surface area contributed by atoms with Crippen LogP contribution in [-0.2, 0) is 4.74 Å². The van der Waals surface area contributed by atoms with E-state index in [0.29, 0.717) is 11.6 Å². The van der Waals surface area contributed by atoms with Crippen LogP contribution >= 0.6 is 0 Å². The van der Waals surface area contributed by atoms with Gasteiger partial charge < -0.3 is 10.1 Å². The summed E-state index contributed by atoms with van der Waals surface area (Å²) in [5, 5.41) is 3.49. The monoisotopic (exact) mass is 269 g/mol.